The predicted octanol–water partition coefficient (Wildman–Crippen LogP) is -4.12. The highest BCUT2D eigenvalue weighted by atomic mass is 32.2. The Morgan fingerprint density at radius 2 is 1.23 bits per heavy atom. The van der Waals surface area contributed by atoms with Crippen molar-refractivity contribution < 1.29 is 74.9 Å². The molecule has 17 N–H and O–H groups in total. The molecule has 0 aliphatic rings. The largest absolute Gasteiger partial charge is 0.871 e. The first kappa shape index (κ1) is 45.3. The number of hydrogen-bond acceptors (Lipinski definition) is 8. The second kappa shape index (κ2) is 16.4. The molecule has 0 aromatic heterocycles. The van der Waals surface area contributed by atoms with E-state index in [1.807, 2.05) is 0 Å². The Balaban J connectivity index is -0.000000263. The quantitative estimate of drug-likeness (QED) is 0.246. The van der Waals surface area contributed by atoms with Gasteiger partial charge in [-0.25, -0.2) is 8.42 Å². The minimum atomic E-state index is -5.01. The van der Waals surface area contributed by atoms with Crippen molar-refractivity contribution in [1.82, 2.24) is 0 Å². The summed E-state index contributed by atoms with van der Waals surface area (Å²) >= 11 is 0. The molecule has 0 atom stereocenters. The van der Waals surface area contributed by atoms with Gasteiger partial charge in [-0.1, -0.05) is 36.1 Å². The van der Waals surface area contributed by atoms with E-state index < -0.39 is 41.5 Å². The van der Waals surface area contributed by atoms with E-state index in [9.17, 15) is 31.0 Å². The molecule has 0 unspecified atom stereocenters. The van der Waals surface area contributed by atoms with Gasteiger partial charge in [-0.05, 0) is 29.7 Å². The van der Waals surface area contributed by atoms with Gasteiger partial charge in [0.15, 0.2) is 0 Å². The SMILES string of the molecule is O.O.O.O.O.O.O.O.O=S(=O)([O-])c1cc(S(=O)(=O)O)c2c(N=Nc3ccccc3)c([O-])ccc2c1. The van der Waals surface area contributed by atoms with Crippen LogP contribution in [0.2, 0.25) is 0 Å². The monoisotopic (exact) mass is 550 g/mol. The molecule has 3 aromatic carbocycles. The van der Waals surface area contributed by atoms with E-state index in [1.54, 1.807) is 30.3 Å². The summed E-state index contributed by atoms with van der Waals surface area (Å²) in [7, 11) is -9.99. The molecule has 3 rings (SSSR count). The molecule has 204 valence electrons. The first-order valence-corrected chi connectivity index (χ1v) is 10.1. The van der Waals surface area contributed by atoms with Crippen LogP contribution in [0.4, 0.5) is 11.4 Å². The van der Waals surface area contributed by atoms with Gasteiger partial charge in [0, 0.05) is 5.39 Å². The Kier molecular flexibility index (Phi) is 21.3. The van der Waals surface area contributed by atoms with Gasteiger partial charge in [0.25, 0.3) is 10.1 Å². The summed E-state index contributed by atoms with van der Waals surface area (Å²) in [6.07, 6.45) is 0. The highest BCUT2D eigenvalue weighted by molar-refractivity contribution is 7.86. The number of rotatable bonds is 4. The predicted molar refractivity (Wildman–Crippen MR) is 121 cm³/mol. The standard InChI is InChI=1S/C16H12N2O7S2.8H2O/c19-13-7-6-10-8-12(26(20,21)22)9-14(27(23,24)25)15(10)16(13)18-17-11-4-2-1-3-5-11;;;;;;;;/h1-9,19H,(H,20,21,22)(H,23,24,25);8*1H2/p-2. The lowest BCUT2D eigenvalue weighted by Gasteiger charge is -2.16. The maximum atomic E-state index is 12.2. The Bertz CT molecular complexity index is 1280. The Labute approximate surface area is 198 Å². The summed E-state index contributed by atoms with van der Waals surface area (Å²) in [4.78, 5) is -1.79. The van der Waals surface area contributed by atoms with Crippen LogP contribution >= 0.6 is 0 Å². The highest BCUT2D eigenvalue weighted by Crippen LogP contribution is 2.39. The van der Waals surface area contributed by atoms with Crippen molar-refractivity contribution in [2.75, 3.05) is 0 Å². The normalized spacial score (nSPS) is 9.77. The number of fused-ring (bicyclic) bond motifs is 1. The second-order valence-corrected chi connectivity index (χ2v) is 8.17. The van der Waals surface area contributed by atoms with Gasteiger partial charge >= 0.3 is 0 Å². The number of nitrogens with zero attached hydrogens (tertiary/aromatic N) is 2. The van der Waals surface area contributed by atoms with Crippen molar-refractivity contribution >= 4 is 42.4 Å². The third-order valence-corrected chi connectivity index (χ3v) is 5.27. The average molecular weight is 551 g/mol. The van der Waals surface area contributed by atoms with Crippen molar-refractivity contribution in [2.45, 2.75) is 9.79 Å². The lowest BCUT2D eigenvalue weighted by atomic mass is 10.1. The molecule has 0 saturated carbocycles. The molecule has 0 fully saturated rings. The topological polar surface area (TPSA) is 411 Å². The van der Waals surface area contributed by atoms with Gasteiger partial charge in [-0.15, -0.1) is 0 Å². The average Bonchev–Trinajstić information content (AvgIpc) is 2.59. The Morgan fingerprint density at radius 3 is 1.69 bits per heavy atom. The molecule has 0 heterocycles. The van der Waals surface area contributed by atoms with E-state index in [2.05, 4.69) is 10.2 Å². The highest BCUT2D eigenvalue weighted by Gasteiger charge is 2.20. The van der Waals surface area contributed by atoms with Crippen LogP contribution in [0.1, 0.15) is 0 Å². The molecule has 17 nitrogen and oxygen atoms in total. The lowest BCUT2D eigenvalue weighted by molar-refractivity contribution is -0.267. The summed E-state index contributed by atoms with van der Waals surface area (Å²) in [5.74, 6) is -0.704. The molecule has 0 bridgehead atoms. The first-order chi connectivity index (χ1) is 12.6. The number of benzene rings is 3. The fraction of sp³-hybridized carbons (Fsp3) is 0. The molecule has 3 aromatic rings. The van der Waals surface area contributed by atoms with Gasteiger partial charge in [-0.2, -0.15) is 18.6 Å². The summed E-state index contributed by atoms with van der Waals surface area (Å²) in [6, 6.07) is 11.8. The van der Waals surface area contributed by atoms with Gasteiger partial charge in [0.1, 0.15) is 15.0 Å². The first-order valence-electron chi connectivity index (χ1n) is 7.25. The van der Waals surface area contributed by atoms with Crippen LogP contribution in [0.3, 0.4) is 0 Å². The minimum absolute atomic E-state index is 0. The Morgan fingerprint density at radius 1 is 0.714 bits per heavy atom. The van der Waals surface area contributed by atoms with Crippen molar-refractivity contribution in [3.63, 3.8) is 0 Å². The number of azo groups is 1. The molecule has 19 heteroatoms. The van der Waals surface area contributed by atoms with E-state index in [4.69, 9.17) is 0 Å². The summed E-state index contributed by atoms with van der Waals surface area (Å²) in [6.45, 7) is 0. The third-order valence-electron chi connectivity index (χ3n) is 3.58. The molecule has 0 spiro atoms. The van der Waals surface area contributed by atoms with E-state index in [0.717, 1.165) is 18.2 Å². The fourth-order valence-corrected chi connectivity index (χ4v) is 3.77. The van der Waals surface area contributed by atoms with Crippen LogP contribution in [-0.4, -0.2) is 69.8 Å². The maximum Gasteiger partial charge on any atom is 0.295 e. The van der Waals surface area contributed by atoms with E-state index >= 15 is 0 Å². The molecule has 35 heavy (non-hydrogen) atoms. The molecular weight excluding hydrogens is 524 g/mol. The van der Waals surface area contributed by atoms with Crippen molar-refractivity contribution in [3.05, 3.63) is 54.6 Å². The number of hydrogen-bond donors (Lipinski definition) is 1. The van der Waals surface area contributed by atoms with E-state index in [-0.39, 0.29) is 54.6 Å². The van der Waals surface area contributed by atoms with Gasteiger partial charge in [0.2, 0.25) is 0 Å². The Hall–Kier alpha value is -3.18. The summed E-state index contributed by atoms with van der Waals surface area (Å²) < 4.78 is 66.8. The smallest absolute Gasteiger partial charge is 0.295 e. The molecule has 0 aliphatic heterocycles. The lowest BCUT2D eigenvalue weighted by Crippen LogP contribution is -2.05. The zero-order valence-corrected chi connectivity index (χ0v) is 18.9. The van der Waals surface area contributed by atoms with Gasteiger partial charge in [-0.3, -0.25) is 4.55 Å². The summed E-state index contributed by atoms with van der Waals surface area (Å²) in [5.41, 5.74) is -0.0418. The van der Waals surface area contributed by atoms with Crippen molar-refractivity contribution in [3.8, 4) is 5.75 Å². The zero-order chi connectivity index (χ0) is 19.8. The minimum Gasteiger partial charge on any atom is -0.871 e. The van der Waals surface area contributed by atoms with E-state index in [0.29, 0.717) is 11.8 Å². The zero-order valence-electron chi connectivity index (χ0n) is 17.3. The van der Waals surface area contributed by atoms with Crippen LogP contribution in [0.25, 0.3) is 10.8 Å². The van der Waals surface area contributed by atoms with Crippen LogP contribution in [0.15, 0.2) is 74.6 Å². The maximum absolute atomic E-state index is 12.2. The van der Waals surface area contributed by atoms with Crippen LogP contribution in [0, 0.1) is 0 Å². The third kappa shape index (κ3) is 9.91. The van der Waals surface area contributed by atoms with Crippen LogP contribution < -0.4 is 5.11 Å². The molecule has 0 amide bonds. The van der Waals surface area contributed by atoms with Gasteiger partial charge < -0.3 is 53.5 Å². The van der Waals surface area contributed by atoms with E-state index in [1.165, 1.54) is 0 Å². The van der Waals surface area contributed by atoms with Crippen LogP contribution in [-0.2, 0) is 20.2 Å². The van der Waals surface area contributed by atoms with Crippen molar-refractivity contribution in [2.24, 2.45) is 10.2 Å². The molecule has 0 aliphatic carbocycles. The molecule has 0 radical (unpaired) electrons. The summed E-state index contributed by atoms with van der Waals surface area (Å²) in [5, 5.41) is 19.4. The van der Waals surface area contributed by atoms with Crippen molar-refractivity contribution in [1.29, 1.82) is 0 Å². The second-order valence-electron chi connectivity index (χ2n) is 5.40. The van der Waals surface area contributed by atoms with Crippen LogP contribution in [0.5, 0.6) is 5.75 Å². The molecular formula is C16H26N2O15S2-2. The van der Waals surface area contributed by atoms with Gasteiger partial charge in [0.05, 0.1) is 16.3 Å². The molecule has 0 saturated heterocycles. The fourth-order valence-electron chi connectivity index (χ4n) is 2.41.